The van der Waals surface area contributed by atoms with Gasteiger partial charge in [0, 0.05) is 0 Å². The molecule has 3 aromatic rings. The molecule has 0 aliphatic carbocycles. The molecule has 0 aliphatic rings. The Morgan fingerprint density at radius 2 is 1.83 bits per heavy atom. The van der Waals surface area contributed by atoms with E-state index in [2.05, 4.69) is 28.6 Å². The van der Waals surface area contributed by atoms with E-state index in [9.17, 15) is 4.79 Å². The van der Waals surface area contributed by atoms with E-state index in [0.29, 0.717) is 12.2 Å². The lowest BCUT2D eigenvalue weighted by Gasteiger charge is -2.12. The molecule has 3 rings (SSSR count). The lowest BCUT2D eigenvalue weighted by atomic mass is 10.1. The number of amides is 1. The molecule has 122 valence electrons. The van der Waals surface area contributed by atoms with Crippen LogP contribution < -0.4 is 5.32 Å². The molecule has 5 nitrogen and oxygen atoms in total. The fourth-order valence-electron chi connectivity index (χ4n) is 2.54. The Balaban J connectivity index is 1.67. The molecule has 2 aromatic carbocycles. The Kier molecular flexibility index (Phi) is 4.70. The van der Waals surface area contributed by atoms with Crippen molar-refractivity contribution in [3.05, 3.63) is 83.2 Å². The number of nitrogens with zero attached hydrogens (tertiary/aromatic N) is 3. The molecular formula is C19H20N4O. The first-order chi connectivity index (χ1) is 11.6. The summed E-state index contributed by atoms with van der Waals surface area (Å²) in [5.74, 6) is -0.220. The maximum Gasteiger partial charge on any atom is 0.273 e. The Morgan fingerprint density at radius 1 is 1.12 bits per heavy atom. The molecule has 1 aromatic heterocycles. The number of hydrogen-bond donors (Lipinski definition) is 1. The Labute approximate surface area is 141 Å². The molecule has 0 spiro atoms. The van der Waals surface area contributed by atoms with Crippen molar-refractivity contribution in [1.29, 1.82) is 0 Å². The third-order valence-corrected chi connectivity index (χ3v) is 4.01. The van der Waals surface area contributed by atoms with Crippen LogP contribution in [0.1, 0.15) is 40.1 Å². The highest BCUT2D eigenvalue weighted by atomic mass is 16.2. The molecule has 0 radical (unpaired) electrons. The van der Waals surface area contributed by atoms with E-state index in [1.54, 1.807) is 10.9 Å². The van der Waals surface area contributed by atoms with E-state index in [0.717, 1.165) is 11.1 Å². The maximum atomic E-state index is 12.3. The van der Waals surface area contributed by atoms with Crippen LogP contribution in [0.3, 0.4) is 0 Å². The van der Waals surface area contributed by atoms with Crippen LogP contribution in [0.15, 0.2) is 60.8 Å². The van der Waals surface area contributed by atoms with Crippen molar-refractivity contribution in [2.45, 2.75) is 26.4 Å². The van der Waals surface area contributed by atoms with Gasteiger partial charge in [0.2, 0.25) is 0 Å². The van der Waals surface area contributed by atoms with E-state index in [-0.39, 0.29) is 11.9 Å². The molecule has 5 heteroatoms. The second-order valence-electron chi connectivity index (χ2n) is 5.83. The van der Waals surface area contributed by atoms with Crippen LogP contribution in [0, 0.1) is 6.92 Å². The summed E-state index contributed by atoms with van der Waals surface area (Å²) in [6.07, 6.45) is 1.68. The number of hydrogen-bond acceptors (Lipinski definition) is 3. The molecule has 0 saturated heterocycles. The minimum atomic E-state index is -0.220. The topological polar surface area (TPSA) is 59.8 Å². The summed E-state index contributed by atoms with van der Waals surface area (Å²) in [7, 11) is 0. The van der Waals surface area contributed by atoms with Crippen LogP contribution in [-0.2, 0) is 6.54 Å². The normalized spacial score (nSPS) is 11.9. The second-order valence-corrected chi connectivity index (χ2v) is 5.83. The summed E-state index contributed by atoms with van der Waals surface area (Å²) in [6.45, 7) is 4.60. The van der Waals surface area contributed by atoms with Gasteiger partial charge in [0.15, 0.2) is 5.69 Å². The van der Waals surface area contributed by atoms with Crippen LogP contribution in [0.5, 0.6) is 0 Å². The predicted molar refractivity (Wildman–Crippen MR) is 92.6 cm³/mol. The monoisotopic (exact) mass is 320 g/mol. The Bertz CT molecular complexity index is 826. The van der Waals surface area contributed by atoms with Gasteiger partial charge in [0.1, 0.15) is 0 Å². The molecule has 1 unspecified atom stereocenters. The number of carbonyl (C=O) groups is 1. The van der Waals surface area contributed by atoms with Gasteiger partial charge in [-0.3, -0.25) is 4.79 Å². The van der Waals surface area contributed by atoms with Gasteiger partial charge in [-0.1, -0.05) is 59.8 Å². The predicted octanol–water partition coefficient (Wildman–Crippen LogP) is 3.13. The minimum absolute atomic E-state index is 0.0831. The summed E-state index contributed by atoms with van der Waals surface area (Å²) in [6, 6.07) is 17.9. The van der Waals surface area contributed by atoms with E-state index in [4.69, 9.17) is 0 Å². The van der Waals surface area contributed by atoms with Crippen molar-refractivity contribution in [1.82, 2.24) is 20.3 Å². The fraction of sp³-hybridized carbons (Fsp3) is 0.211. The molecule has 0 fully saturated rings. The number of benzene rings is 2. The third-order valence-electron chi connectivity index (χ3n) is 4.01. The molecule has 1 amide bonds. The van der Waals surface area contributed by atoms with Gasteiger partial charge in [0.25, 0.3) is 5.91 Å². The van der Waals surface area contributed by atoms with Gasteiger partial charge < -0.3 is 5.32 Å². The van der Waals surface area contributed by atoms with Crippen molar-refractivity contribution in [2.24, 2.45) is 0 Å². The van der Waals surface area contributed by atoms with Crippen molar-refractivity contribution in [3.63, 3.8) is 0 Å². The summed E-state index contributed by atoms with van der Waals surface area (Å²) in [4.78, 5) is 12.3. The Morgan fingerprint density at radius 3 is 2.58 bits per heavy atom. The van der Waals surface area contributed by atoms with Crippen LogP contribution in [0.4, 0.5) is 0 Å². The molecule has 0 saturated carbocycles. The fourth-order valence-corrected chi connectivity index (χ4v) is 2.54. The number of rotatable bonds is 5. The van der Waals surface area contributed by atoms with Crippen LogP contribution >= 0.6 is 0 Å². The highest BCUT2D eigenvalue weighted by molar-refractivity contribution is 5.92. The first kappa shape index (κ1) is 15.9. The van der Waals surface area contributed by atoms with E-state index < -0.39 is 0 Å². The van der Waals surface area contributed by atoms with Crippen molar-refractivity contribution < 1.29 is 4.79 Å². The molecule has 1 N–H and O–H groups in total. The van der Waals surface area contributed by atoms with Gasteiger partial charge in [-0.15, -0.1) is 5.10 Å². The summed E-state index contributed by atoms with van der Waals surface area (Å²) in [5, 5.41) is 11.0. The molecular weight excluding hydrogens is 300 g/mol. The van der Waals surface area contributed by atoms with Crippen molar-refractivity contribution >= 4 is 5.91 Å². The van der Waals surface area contributed by atoms with Gasteiger partial charge in [-0.25, -0.2) is 4.68 Å². The van der Waals surface area contributed by atoms with Crippen LogP contribution in [-0.4, -0.2) is 20.9 Å². The first-order valence-electron chi connectivity index (χ1n) is 7.94. The number of carbonyl (C=O) groups excluding carboxylic acids is 1. The highest BCUT2D eigenvalue weighted by Crippen LogP contribution is 2.12. The summed E-state index contributed by atoms with van der Waals surface area (Å²) < 4.78 is 1.68. The first-order valence-corrected chi connectivity index (χ1v) is 7.94. The zero-order valence-corrected chi connectivity index (χ0v) is 13.8. The average molecular weight is 320 g/mol. The van der Waals surface area contributed by atoms with E-state index >= 15 is 0 Å². The highest BCUT2D eigenvalue weighted by Gasteiger charge is 2.14. The smallest absolute Gasteiger partial charge is 0.273 e. The third kappa shape index (κ3) is 3.68. The lowest BCUT2D eigenvalue weighted by molar-refractivity contribution is 0.0934. The molecule has 24 heavy (non-hydrogen) atoms. The number of aromatic nitrogens is 3. The summed E-state index contributed by atoms with van der Waals surface area (Å²) >= 11 is 0. The maximum absolute atomic E-state index is 12.3. The molecule has 0 aliphatic heterocycles. The van der Waals surface area contributed by atoms with Gasteiger partial charge in [0.05, 0.1) is 18.8 Å². The lowest BCUT2D eigenvalue weighted by Crippen LogP contribution is -2.26. The van der Waals surface area contributed by atoms with E-state index in [1.165, 1.54) is 5.56 Å². The number of nitrogens with one attached hydrogen (secondary N) is 1. The van der Waals surface area contributed by atoms with Crippen LogP contribution in [0.25, 0.3) is 0 Å². The van der Waals surface area contributed by atoms with Gasteiger partial charge in [-0.2, -0.15) is 0 Å². The number of aryl methyl sites for hydroxylation is 1. The molecule has 1 atom stereocenters. The SMILES string of the molecule is Cc1ccccc1Cn1cc(C(=O)NC(C)c2ccccc2)nn1. The quantitative estimate of drug-likeness (QED) is 0.786. The zero-order chi connectivity index (χ0) is 16.9. The van der Waals surface area contributed by atoms with Crippen molar-refractivity contribution in [3.8, 4) is 0 Å². The van der Waals surface area contributed by atoms with E-state index in [1.807, 2.05) is 55.5 Å². The summed E-state index contributed by atoms with van der Waals surface area (Å²) in [5.41, 5.74) is 3.73. The second kappa shape index (κ2) is 7.08. The van der Waals surface area contributed by atoms with Gasteiger partial charge in [-0.05, 0) is 30.5 Å². The Hall–Kier alpha value is -2.95. The zero-order valence-electron chi connectivity index (χ0n) is 13.8. The largest absolute Gasteiger partial charge is 0.344 e. The molecule has 0 bridgehead atoms. The standard InChI is InChI=1S/C19H20N4O/c1-14-8-6-7-11-17(14)12-23-13-18(21-22-23)19(24)20-15(2)16-9-4-3-5-10-16/h3-11,13,15H,12H2,1-2H3,(H,20,24). The van der Waals surface area contributed by atoms with Crippen molar-refractivity contribution in [2.75, 3.05) is 0 Å². The van der Waals surface area contributed by atoms with Gasteiger partial charge >= 0.3 is 0 Å². The average Bonchev–Trinajstić information content (AvgIpc) is 3.06. The minimum Gasteiger partial charge on any atom is -0.344 e. The molecule has 1 heterocycles. The van der Waals surface area contributed by atoms with Crippen LogP contribution in [0.2, 0.25) is 0 Å².